The highest BCUT2D eigenvalue weighted by Gasteiger charge is 2.56. The third-order valence-corrected chi connectivity index (χ3v) is 6.64. The number of fused-ring (bicyclic) bond motifs is 2. The lowest BCUT2D eigenvalue weighted by atomic mass is 9.67. The zero-order valence-corrected chi connectivity index (χ0v) is 18.8. The number of aromatic nitrogens is 2. The molecule has 0 radical (unpaired) electrons. The number of piperidine rings is 1. The Balaban J connectivity index is 1.69. The molecule has 1 spiro atoms. The van der Waals surface area contributed by atoms with Crippen LogP contribution in [0.1, 0.15) is 47.0 Å². The molecule has 1 fully saturated rings. The Morgan fingerprint density at radius 3 is 2.69 bits per heavy atom. The molecule has 3 aromatic rings. The van der Waals surface area contributed by atoms with Crippen molar-refractivity contribution in [3.63, 3.8) is 0 Å². The van der Waals surface area contributed by atoms with Gasteiger partial charge in [0.05, 0.1) is 11.7 Å². The predicted molar refractivity (Wildman–Crippen MR) is 121 cm³/mol. The van der Waals surface area contributed by atoms with Crippen molar-refractivity contribution in [1.82, 2.24) is 15.5 Å². The zero-order chi connectivity index (χ0) is 22.6. The first-order valence-corrected chi connectivity index (χ1v) is 10.9. The summed E-state index contributed by atoms with van der Waals surface area (Å²) < 4.78 is 6.30. The number of anilines is 1. The zero-order valence-electron chi connectivity index (χ0n) is 18.0. The largest absolute Gasteiger partial charge is 0.453 e. The van der Waals surface area contributed by atoms with Gasteiger partial charge in [-0.15, -0.1) is 0 Å². The molecule has 0 saturated carbocycles. The van der Waals surface area contributed by atoms with Crippen molar-refractivity contribution < 1.29 is 14.3 Å². The predicted octanol–water partition coefficient (Wildman–Crippen LogP) is 4.62. The molecule has 0 bridgehead atoms. The van der Waals surface area contributed by atoms with Crippen molar-refractivity contribution in [2.24, 2.45) is 0 Å². The highest BCUT2D eigenvalue weighted by atomic mass is 35.5. The minimum absolute atomic E-state index is 0.0982. The van der Waals surface area contributed by atoms with Crippen molar-refractivity contribution in [2.75, 3.05) is 5.32 Å². The van der Waals surface area contributed by atoms with Gasteiger partial charge in [-0.1, -0.05) is 35.4 Å². The van der Waals surface area contributed by atoms with Crippen molar-refractivity contribution in [1.29, 1.82) is 0 Å². The maximum Gasteiger partial charge on any atom is 0.237 e. The number of amides is 2. The summed E-state index contributed by atoms with van der Waals surface area (Å²) in [6.07, 6.45) is 0.648. The summed E-state index contributed by atoms with van der Waals surface area (Å²) in [7, 11) is 0. The highest BCUT2D eigenvalue weighted by molar-refractivity contribution is 6.31. The third kappa shape index (κ3) is 3.07. The fraction of sp³-hybridized carbons (Fsp3) is 0.292. The first-order chi connectivity index (χ1) is 15.3. The van der Waals surface area contributed by atoms with Gasteiger partial charge in [0, 0.05) is 22.7 Å². The number of nitrogens with one attached hydrogen (secondary N) is 3. The van der Waals surface area contributed by atoms with Gasteiger partial charge in [0.25, 0.3) is 0 Å². The Morgan fingerprint density at radius 1 is 1.12 bits per heavy atom. The molecule has 1 saturated heterocycles. The second-order valence-electron chi connectivity index (χ2n) is 8.52. The molecule has 2 amide bonds. The van der Waals surface area contributed by atoms with Crippen molar-refractivity contribution in [2.45, 2.75) is 45.1 Å². The van der Waals surface area contributed by atoms with Crippen LogP contribution in [0, 0.1) is 20.8 Å². The summed E-state index contributed by atoms with van der Waals surface area (Å²) in [5.41, 5.74) is 3.83. The van der Waals surface area contributed by atoms with Crippen LogP contribution >= 0.6 is 11.6 Å². The molecule has 3 N–H and O–H groups in total. The molecule has 7 nitrogen and oxygen atoms in total. The fourth-order valence-electron chi connectivity index (χ4n) is 4.84. The number of nitrogens with zero attached hydrogens (tertiary/aromatic N) is 1. The average molecular weight is 451 g/mol. The Kier molecular flexibility index (Phi) is 4.74. The monoisotopic (exact) mass is 450 g/mol. The molecule has 3 heterocycles. The normalized spacial score (nSPS) is 21.9. The molecule has 0 aliphatic carbocycles. The van der Waals surface area contributed by atoms with Gasteiger partial charge in [-0.25, -0.2) is 0 Å². The van der Waals surface area contributed by atoms with Crippen LogP contribution in [0.15, 0.2) is 36.4 Å². The minimum Gasteiger partial charge on any atom is -0.453 e. The maximum absolute atomic E-state index is 13.5. The van der Waals surface area contributed by atoms with Gasteiger partial charge in [0.15, 0.2) is 5.75 Å². The lowest BCUT2D eigenvalue weighted by Crippen LogP contribution is -2.52. The standard InChI is InChI=1S/C24H23ClN4O3/c1-12-4-7-19(32-21-13(2)28-29-14(21)3)16(10-12)22-24(9-8-20(30)27-22)17-6-5-15(25)11-18(17)26-23(24)31/h4-7,10-11,22H,8-9H2,1-3H3,(H,26,31)(H,27,30)(H,28,29)/t22-,24-/m1/s1. The van der Waals surface area contributed by atoms with Gasteiger partial charge in [-0.2, -0.15) is 5.10 Å². The Hall–Kier alpha value is -3.32. The smallest absolute Gasteiger partial charge is 0.237 e. The lowest BCUT2D eigenvalue weighted by Gasteiger charge is -2.41. The lowest BCUT2D eigenvalue weighted by molar-refractivity contribution is -0.130. The second kappa shape index (κ2) is 7.38. The number of rotatable bonds is 3. The van der Waals surface area contributed by atoms with E-state index >= 15 is 0 Å². The first kappa shape index (κ1) is 20.6. The van der Waals surface area contributed by atoms with E-state index in [0.717, 1.165) is 28.1 Å². The summed E-state index contributed by atoms with van der Waals surface area (Å²) in [6.45, 7) is 5.72. The number of benzene rings is 2. The molecule has 5 rings (SSSR count). The van der Waals surface area contributed by atoms with Crippen molar-refractivity contribution >= 4 is 29.1 Å². The molecular weight excluding hydrogens is 428 g/mol. The van der Waals surface area contributed by atoms with Gasteiger partial charge in [-0.05, 0) is 51.0 Å². The molecule has 0 unspecified atom stereocenters. The summed E-state index contributed by atoms with van der Waals surface area (Å²) in [5.74, 6) is 0.959. The average Bonchev–Trinajstić information content (AvgIpc) is 3.21. The van der Waals surface area contributed by atoms with Crippen LogP contribution in [0.3, 0.4) is 0 Å². The van der Waals surface area contributed by atoms with Crippen molar-refractivity contribution in [3.05, 3.63) is 69.5 Å². The van der Waals surface area contributed by atoms with E-state index in [-0.39, 0.29) is 18.2 Å². The first-order valence-electron chi connectivity index (χ1n) is 10.5. The van der Waals surface area contributed by atoms with Gasteiger partial charge in [-0.3, -0.25) is 14.7 Å². The van der Waals surface area contributed by atoms with Crippen LogP contribution in [0.25, 0.3) is 0 Å². The molecule has 32 heavy (non-hydrogen) atoms. The van der Waals surface area contributed by atoms with Crippen LogP contribution < -0.4 is 15.4 Å². The number of carbonyl (C=O) groups is 2. The third-order valence-electron chi connectivity index (χ3n) is 6.41. The quantitative estimate of drug-likeness (QED) is 0.542. The van der Waals surface area contributed by atoms with Crippen LogP contribution in [0.2, 0.25) is 5.02 Å². The van der Waals surface area contributed by atoms with E-state index in [1.54, 1.807) is 12.1 Å². The Morgan fingerprint density at radius 2 is 1.94 bits per heavy atom. The summed E-state index contributed by atoms with van der Waals surface area (Å²) in [5, 5.41) is 13.8. The number of carbonyl (C=O) groups excluding carboxylic acids is 2. The van der Waals surface area contributed by atoms with Gasteiger partial charge in [0.1, 0.15) is 16.9 Å². The van der Waals surface area contributed by atoms with E-state index in [1.807, 2.05) is 45.0 Å². The van der Waals surface area contributed by atoms with E-state index < -0.39 is 11.5 Å². The summed E-state index contributed by atoms with van der Waals surface area (Å²) >= 11 is 6.18. The van der Waals surface area contributed by atoms with Crippen LogP contribution in [0.4, 0.5) is 5.69 Å². The molecule has 1 aromatic heterocycles. The topological polar surface area (TPSA) is 96.1 Å². The number of ether oxygens (including phenoxy) is 1. The van der Waals surface area contributed by atoms with E-state index in [4.69, 9.17) is 16.3 Å². The Bertz CT molecular complexity index is 1250. The maximum atomic E-state index is 13.5. The summed E-state index contributed by atoms with van der Waals surface area (Å²) in [6, 6.07) is 10.6. The highest BCUT2D eigenvalue weighted by Crippen LogP contribution is 2.53. The number of halogens is 1. The Labute approximate surface area is 190 Å². The molecule has 2 atom stereocenters. The van der Waals surface area contributed by atoms with E-state index in [9.17, 15) is 9.59 Å². The fourth-order valence-corrected chi connectivity index (χ4v) is 5.01. The van der Waals surface area contributed by atoms with Gasteiger partial charge < -0.3 is 15.4 Å². The van der Waals surface area contributed by atoms with Crippen LogP contribution in [-0.4, -0.2) is 22.0 Å². The van der Waals surface area contributed by atoms with Gasteiger partial charge in [0.2, 0.25) is 11.8 Å². The van der Waals surface area contributed by atoms with Crippen molar-refractivity contribution in [3.8, 4) is 11.5 Å². The number of aryl methyl sites for hydroxylation is 3. The molecule has 164 valence electrons. The summed E-state index contributed by atoms with van der Waals surface area (Å²) in [4.78, 5) is 26.0. The number of H-pyrrole nitrogens is 1. The number of hydrogen-bond donors (Lipinski definition) is 3. The second-order valence-corrected chi connectivity index (χ2v) is 8.96. The molecule has 8 heteroatoms. The molecule has 2 aromatic carbocycles. The van der Waals surface area contributed by atoms with Crippen LogP contribution in [0.5, 0.6) is 11.5 Å². The number of aromatic amines is 1. The van der Waals surface area contributed by atoms with Gasteiger partial charge >= 0.3 is 0 Å². The van der Waals surface area contributed by atoms with E-state index in [2.05, 4.69) is 20.8 Å². The minimum atomic E-state index is -0.958. The number of hydrogen-bond acceptors (Lipinski definition) is 4. The molecule has 2 aliphatic rings. The molecule has 2 aliphatic heterocycles. The van der Waals surface area contributed by atoms with E-state index in [0.29, 0.717) is 28.6 Å². The SMILES string of the molecule is Cc1ccc(Oc2c(C)n[nH]c2C)c([C@H]2NC(=O)CC[C@]23C(=O)Nc2cc(Cl)ccc23)c1. The van der Waals surface area contributed by atoms with Crippen LogP contribution in [-0.2, 0) is 15.0 Å². The molecular formula is C24H23ClN4O3. The van der Waals surface area contributed by atoms with E-state index in [1.165, 1.54) is 0 Å².